The van der Waals surface area contributed by atoms with Gasteiger partial charge in [-0.2, -0.15) is 0 Å². The van der Waals surface area contributed by atoms with Crippen molar-refractivity contribution in [3.05, 3.63) is 35.4 Å². The molecule has 0 aromatic heterocycles. The molecule has 0 fully saturated rings. The monoisotopic (exact) mass is 280 g/mol. The van der Waals surface area contributed by atoms with Crippen LogP contribution in [0.5, 0.6) is 0 Å². The molecule has 4 nitrogen and oxygen atoms in total. The van der Waals surface area contributed by atoms with Crippen molar-refractivity contribution in [2.75, 3.05) is 5.73 Å². The average Bonchev–Trinajstić information content (AvgIpc) is 2.35. The molecule has 0 heterocycles. The number of hydrogen-bond acceptors (Lipinski definition) is 3. The number of sulfonamides is 1. The molecule has 104 valence electrons. The third-order valence-electron chi connectivity index (χ3n) is 3.50. The van der Waals surface area contributed by atoms with Crippen LogP contribution in [0.4, 0.5) is 5.69 Å². The Balaban J connectivity index is 2.34. The minimum Gasteiger partial charge on any atom is -0.398 e. The summed E-state index contributed by atoms with van der Waals surface area (Å²) in [6.45, 7) is 3.54. The van der Waals surface area contributed by atoms with Crippen molar-refractivity contribution in [1.82, 2.24) is 4.72 Å². The Kier molecular flexibility index (Phi) is 3.96. The molecule has 1 unspecified atom stereocenters. The van der Waals surface area contributed by atoms with Crippen LogP contribution in [0.2, 0.25) is 0 Å². The van der Waals surface area contributed by atoms with E-state index in [4.69, 9.17) is 5.73 Å². The van der Waals surface area contributed by atoms with E-state index >= 15 is 0 Å². The first-order valence-corrected chi connectivity index (χ1v) is 7.93. The number of hydrogen-bond donors (Lipinski definition) is 2. The van der Waals surface area contributed by atoms with E-state index in [9.17, 15) is 8.42 Å². The summed E-state index contributed by atoms with van der Waals surface area (Å²) in [6.07, 6.45) is 6.62. The highest BCUT2D eigenvalue weighted by atomic mass is 32.2. The van der Waals surface area contributed by atoms with E-state index in [1.165, 1.54) is 0 Å². The maximum absolute atomic E-state index is 12.5. The molecule has 2 rings (SSSR count). The van der Waals surface area contributed by atoms with Crippen LogP contribution in [0.3, 0.4) is 0 Å². The third kappa shape index (κ3) is 2.98. The predicted octanol–water partition coefficient (Wildman–Crippen LogP) is 2.27. The summed E-state index contributed by atoms with van der Waals surface area (Å²) in [5.74, 6) is 0. The summed E-state index contributed by atoms with van der Waals surface area (Å²) in [5, 5.41) is 0. The number of rotatable bonds is 3. The Labute approximate surface area is 114 Å². The molecule has 0 radical (unpaired) electrons. The molecule has 1 aromatic rings. The number of anilines is 1. The van der Waals surface area contributed by atoms with Crippen LogP contribution in [0, 0.1) is 13.8 Å². The molecule has 1 atom stereocenters. The zero-order valence-electron chi connectivity index (χ0n) is 11.3. The lowest BCUT2D eigenvalue weighted by molar-refractivity contribution is 0.521. The molecule has 0 saturated heterocycles. The lowest BCUT2D eigenvalue weighted by Crippen LogP contribution is -2.36. The quantitative estimate of drug-likeness (QED) is 0.659. The average molecular weight is 280 g/mol. The summed E-state index contributed by atoms with van der Waals surface area (Å²) in [5.41, 5.74) is 7.68. The van der Waals surface area contributed by atoms with E-state index in [1.807, 2.05) is 6.08 Å². The Morgan fingerprint density at radius 1 is 1.26 bits per heavy atom. The van der Waals surface area contributed by atoms with Gasteiger partial charge in [-0.25, -0.2) is 13.1 Å². The van der Waals surface area contributed by atoms with Crippen LogP contribution < -0.4 is 10.5 Å². The topological polar surface area (TPSA) is 72.2 Å². The third-order valence-corrected chi connectivity index (χ3v) is 5.31. The standard InChI is InChI=1S/C14H20N2O2S/c1-10-8-9-13(15)11(2)14(10)19(17,18)16-12-6-4-3-5-7-12/h3-4,8-9,12,16H,5-7,15H2,1-2H3. The summed E-state index contributed by atoms with van der Waals surface area (Å²) in [4.78, 5) is 0.321. The van der Waals surface area contributed by atoms with Gasteiger partial charge in [-0.15, -0.1) is 0 Å². The fourth-order valence-corrected chi connectivity index (χ4v) is 4.22. The number of aryl methyl sites for hydroxylation is 1. The van der Waals surface area contributed by atoms with Crippen LogP contribution in [0.25, 0.3) is 0 Å². The lowest BCUT2D eigenvalue weighted by atomic mass is 10.0. The highest BCUT2D eigenvalue weighted by molar-refractivity contribution is 7.89. The number of allylic oxidation sites excluding steroid dienone is 1. The largest absolute Gasteiger partial charge is 0.398 e. The van der Waals surface area contributed by atoms with Gasteiger partial charge in [0.1, 0.15) is 0 Å². The molecule has 0 bridgehead atoms. The van der Waals surface area contributed by atoms with Crippen molar-refractivity contribution < 1.29 is 8.42 Å². The van der Waals surface area contributed by atoms with Crippen molar-refractivity contribution in [2.24, 2.45) is 0 Å². The molecular weight excluding hydrogens is 260 g/mol. The molecule has 3 N–H and O–H groups in total. The molecule has 0 spiro atoms. The van der Waals surface area contributed by atoms with Crippen molar-refractivity contribution in [3.8, 4) is 0 Å². The zero-order chi connectivity index (χ0) is 14.0. The summed E-state index contributed by atoms with van der Waals surface area (Å²) in [7, 11) is -3.51. The predicted molar refractivity (Wildman–Crippen MR) is 77.4 cm³/mol. The van der Waals surface area contributed by atoms with Crippen LogP contribution in [-0.2, 0) is 10.0 Å². The minimum absolute atomic E-state index is 0.0183. The zero-order valence-corrected chi connectivity index (χ0v) is 12.1. The molecule has 1 aliphatic rings. The number of benzene rings is 1. The smallest absolute Gasteiger partial charge is 0.241 e. The van der Waals surface area contributed by atoms with Crippen LogP contribution in [0.15, 0.2) is 29.2 Å². The molecule has 1 aromatic carbocycles. The van der Waals surface area contributed by atoms with Crippen LogP contribution in [0.1, 0.15) is 30.4 Å². The van der Waals surface area contributed by atoms with Crippen molar-refractivity contribution in [2.45, 2.75) is 44.0 Å². The van der Waals surface area contributed by atoms with Gasteiger partial charge in [0.25, 0.3) is 0 Å². The van der Waals surface area contributed by atoms with Gasteiger partial charge in [0.05, 0.1) is 4.90 Å². The number of nitrogens with two attached hydrogens (primary N) is 1. The first kappa shape index (κ1) is 14.1. The fourth-order valence-electron chi connectivity index (χ4n) is 2.43. The van der Waals surface area contributed by atoms with E-state index in [0.717, 1.165) is 24.8 Å². The molecule has 1 aliphatic carbocycles. The molecule has 19 heavy (non-hydrogen) atoms. The van der Waals surface area contributed by atoms with Crippen molar-refractivity contribution >= 4 is 15.7 Å². The van der Waals surface area contributed by atoms with Crippen molar-refractivity contribution in [3.63, 3.8) is 0 Å². The number of nitrogens with one attached hydrogen (secondary N) is 1. The van der Waals surface area contributed by atoms with E-state index in [-0.39, 0.29) is 6.04 Å². The molecule has 0 saturated carbocycles. The van der Waals surface area contributed by atoms with Crippen molar-refractivity contribution in [1.29, 1.82) is 0 Å². The second-order valence-corrected chi connectivity index (χ2v) is 6.68. The van der Waals surface area contributed by atoms with E-state index in [2.05, 4.69) is 10.8 Å². The molecule has 0 aliphatic heterocycles. The van der Waals surface area contributed by atoms with Gasteiger partial charge >= 0.3 is 0 Å². The van der Waals surface area contributed by atoms with E-state index in [1.54, 1.807) is 26.0 Å². The normalized spacial score (nSPS) is 19.6. The van der Waals surface area contributed by atoms with E-state index in [0.29, 0.717) is 16.1 Å². The Bertz CT molecular complexity index is 606. The van der Waals surface area contributed by atoms with Gasteiger partial charge in [-0.3, -0.25) is 0 Å². The second-order valence-electron chi connectivity index (χ2n) is 5.03. The van der Waals surface area contributed by atoms with Gasteiger partial charge in [0.15, 0.2) is 0 Å². The highest BCUT2D eigenvalue weighted by Gasteiger charge is 2.24. The van der Waals surface area contributed by atoms with Gasteiger partial charge in [0, 0.05) is 11.7 Å². The minimum atomic E-state index is -3.51. The summed E-state index contributed by atoms with van der Waals surface area (Å²) in [6, 6.07) is 3.47. The lowest BCUT2D eigenvalue weighted by Gasteiger charge is -2.21. The van der Waals surface area contributed by atoms with Gasteiger partial charge in [-0.1, -0.05) is 18.2 Å². The fraction of sp³-hybridized carbons (Fsp3) is 0.429. The molecule has 5 heteroatoms. The van der Waals surface area contributed by atoms with Gasteiger partial charge in [-0.05, 0) is 50.3 Å². The maximum Gasteiger partial charge on any atom is 0.241 e. The molecular formula is C14H20N2O2S. The first-order chi connectivity index (χ1) is 8.92. The highest BCUT2D eigenvalue weighted by Crippen LogP contribution is 2.25. The molecule has 0 amide bonds. The number of nitrogen functional groups attached to an aromatic ring is 1. The first-order valence-electron chi connectivity index (χ1n) is 6.45. The van der Waals surface area contributed by atoms with Gasteiger partial charge in [0.2, 0.25) is 10.0 Å². The Morgan fingerprint density at radius 2 is 2.00 bits per heavy atom. The van der Waals surface area contributed by atoms with Crippen LogP contribution >= 0.6 is 0 Å². The van der Waals surface area contributed by atoms with Crippen LogP contribution in [-0.4, -0.2) is 14.5 Å². The Hall–Kier alpha value is -1.33. The Morgan fingerprint density at radius 3 is 2.63 bits per heavy atom. The van der Waals surface area contributed by atoms with Gasteiger partial charge < -0.3 is 5.73 Å². The second kappa shape index (κ2) is 5.35. The SMILES string of the molecule is Cc1ccc(N)c(C)c1S(=O)(=O)NC1CC=CCC1. The maximum atomic E-state index is 12.5. The summed E-state index contributed by atoms with van der Waals surface area (Å²) < 4.78 is 27.8. The summed E-state index contributed by atoms with van der Waals surface area (Å²) >= 11 is 0. The van der Waals surface area contributed by atoms with E-state index < -0.39 is 10.0 Å².